The number of rotatable bonds is 3. The molecule has 1 rings (SSSR count). The van der Waals surface area contributed by atoms with Crippen LogP contribution in [0.25, 0.3) is 0 Å². The Bertz CT molecular complexity index is 284. The molecule has 1 aliphatic rings. The number of phosphoric ester groups is 1. The Labute approximate surface area is 147 Å². The quantitative estimate of drug-likeness (QED) is 0.293. The molecule has 0 aromatic carbocycles. The van der Waals surface area contributed by atoms with Crippen molar-refractivity contribution >= 4 is 7.82 Å². The van der Waals surface area contributed by atoms with Gasteiger partial charge < -0.3 is 44.0 Å². The molecule has 18 heavy (non-hydrogen) atoms. The summed E-state index contributed by atoms with van der Waals surface area (Å²) in [6.07, 6.45) is -8.61. The van der Waals surface area contributed by atoms with Crippen LogP contribution in [0.2, 0.25) is 0 Å². The van der Waals surface area contributed by atoms with E-state index in [-0.39, 0.29) is 59.1 Å². The van der Waals surface area contributed by atoms with Crippen molar-refractivity contribution in [2.45, 2.75) is 30.7 Å². The van der Waals surface area contributed by atoms with Gasteiger partial charge in [0.25, 0.3) is 0 Å². The summed E-state index contributed by atoms with van der Waals surface area (Å²) in [4.78, 5) is 20.6. The fourth-order valence-electron chi connectivity index (χ4n) is 1.28. The van der Waals surface area contributed by atoms with E-state index in [4.69, 9.17) is 5.11 Å². The van der Waals surface area contributed by atoms with Crippen molar-refractivity contribution in [1.82, 2.24) is 0 Å². The van der Waals surface area contributed by atoms with Crippen molar-refractivity contribution < 1.29 is 103 Å². The van der Waals surface area contributed by atoms with Crippen LogP contribution in [-0.2, 0) is 13.8 Å². The van der Waals surface area contributed by atoms with E-state index in [1.807, 2.05) is 0 Å². The fraction of sp³-hybridized carbons (Fsp3) is 1.00. The Balaban J connectivity index is 0. The van der Waals surface area contributed by atoms with Crippen LogP contribution < -0.4 is 68.9 Å². The molecule has 0 aromatic rings. The van der Waals surface area contributed by atoms with Gasteiger partial charge in [0.15, 0.2) is 6.29 Å². The van der Waals surface area contributed by atoms with Crippen LogP contribution in [0.5, 0.6) is 0 Å². The van der Waals surface area contributed by atoms with Crippen molar-refractivity contribution in [3.05, 3.63) is 0 Å². The van der Waals surface area contributed by atoms with E-state index in [1.165, 1.54) is 0 Å². The molecule has 0 amide bonds. The minimum Gasteiger partial charge on any atom is -0.790 e. The molecule has 9 nitrogen and oxygen atoms in total. The second-order valence-corrected chi connectivity index (χ2v) is 4.36. The first-order valence-electron chi connectivity index (χ1n) is 4.27. The molecule has 5 atom stereocenters. The number of ether oxygens (including phenoxy) is 1. The normalized spacial score (nSPS) is 36.4. The Morgan fingerprint density at radius 2 is 1.61 bits per heavy atom. The largest absolute Gasteiger partial charge is 1.00 e. The molecule has 96 valence electrons. The van der Waals surface area contributed by atoms with Gasteiger partial charge in [0.2, 0.25) is 0 Å². The zero-order valence-corrected chi connectivity index (χ0v) is 14.8. The van der Waals surface area contributed by atoms with Gasteiger partial charge in [-0.1, -0.05) is 0 Å². The monoisotopic (exact) mass is 304 g/mol. The number of hydrogen-bond donors (Lipinski definition) is 4. The molecular formula is C6H11Na2O9P. The van der Waals surface area contributed by atoms with E-state index in [9.17, 15) is 29.7 Å². The summed E-state index contributed by atoms with van der Waals surface area (Å²) in [5, 5.41) is 36.5. The number of aliphatic hydroxyl groups excluding tert-OH is 4. The van der Waals surface area contributed by atoms with Gasteiger partial charge in [0.1, 0.15) is 24.4 Å². The predicted octanol–water partition coefficient (Wildman–Crippen LogP) is -10.4. The van der Waals surface area contributed by atoms with Crippen LogP contribution >= 0.6 is 7.82 Å². The molecule has 4 N–H and O–H groups in total. The van der Waals surface area contributed by atoms with E-state index in [0.29, 0.717) is 0 Å². The summed E-state index contributed by atoms with van der Waals surface area (Å²) in [7, 11) is -5.41. The van der Waals surface area contributed by atoms with Gasteiger partial charge >= 0.3 is 59.1 Å². The topological polar surface area (TPSA) is 163 Å². The van der Waals surface area contributed by atoms with Gasteiger partial charge in [-0.2, -0.15) is 0 Å². The van der Waals surface area contributed by atoms with E-state index in [0.717, 1.165) is 0 Å². The standard InChI is InChI=1S/C6H13O9P.2Na/c7-1-2-3(8)4(9)5(10)6(14-2)15-16(11,12)13;;/h2-10H,1H2,(H2,11,12,13);;/q;2*+1/p-2/t2-,3+,4-,5-,6-;;/m0../s1. The van der Waals surface area contributed by atoms with E-state index < -0.39 is 45.1 Å². The van der Waals surface area contributed by atoms with Crippen LogP contribution in [-0.4, -0.2) is 57.7 Å². The van der Waals surface area contributed by atoms with Gasteiger partial charge in [0, 0.05) is 0 Å². The first-order chi connectivity index (χ1) is 7.26. The number of phosphoric acid groups is 1. The van der Waals surface area contributed by atoms with Crippen LogP contribution in [0, 0.1) is 0 Å². The fourth-order valence-corrected chi connectivity index (χ4v) is 1.71. The molecule has 12 heteroatoms. The predicted molar refractivity (Wildman–Crippen MR) is 42.5 cm³/mol. The SMILES string of the molecule is O=P([O-])([O-])O[C@@H]1O[C@@H](CO)[C@@H](O)[C@H](O)[C@@H]1O.[Na+].[Na+]. The first kappa shape index (κ1) is 22.2. The Morgan fingerprint density at radius 1 is 1.11 bits per heavy atom. The molecule has 0 bridgehead atoms. The summed E-state index contributed by atoms with van der Waals surface area (Å²) in [5.41, 5.74) is 0. The summed E-state index contributed by atoms with van der Waals surface area (Å²) in [6.45, 7) is -0.743. The van der Waals surface area contributed by atoms with Crippen molar-refractivity contribution in [2.75, 3.05) is 6.61 Å². The maximum Gasteiger partial charge on any atom is 1.00 e. The molecule has 0 saturated carbocycles. The second kappa shape index (κ2) is 9.04. The van der Waals surface area contributed by atoms with E-state index in [2.05, 4.69) is 9.26 Å². The van der Waals surface area contributed by atoms with Crippen LogP contribution in [0.1, 0.15) is 0 Å². The third kappa shape index (κ3) is 6.13. The molecule has 0 radical (unpaired) electrons. The summed E-state index contributed by atoms with van der Waals surface area (Å²) >= 11 is 0. The smallest absolute Gasteiger partial charge is 0.790 e. The summed E-state index contributed by atoms with van der Waals surface area (Å²) in [6, 6.07) is 0. The van der Waals surface area contributed by atoms with Crippen molar-refractivity contribution in [3.8, 4) is 0 Å². The van der Waals surface area contributed by atoms with Gasteiger partial charge in [-0.25, -0.2) is 0 Å². The number of aliphatic hydroxyl groups is 4. The minimum atomic E-state index is -5.41. The van der Waals surface area contributed by atoms with Crippen LogP contribution in [0.4, 0.5) is 0 Å². The van der Waals surface area contributed by atoms with E-state index >= 15 is 0 Å². The van der Waals surface area contributed by atoms with Crippen LogP contribution in [0.15, 0.2) is 0 Å². The Hall–Kier alpha value is 1.91. The molecule has 0 aliphatic carbocycles. The van der Waals surface area contributed by atoms with Crippen molar-refractivity contribution in [3.63, 3.8) is 0 Å². The van der Waals surface area contributed by atoms with Crippen molar-refractivity contribution in [2.24, 2.45) is 0 Å². The molecule has 0 unspecified atom stereocenters. The number of hydrogen-bond acceptors (Lipinski definition) is 9. The molecule has 1 fully saturated rings. The average Bonchev–Trinajstić information content (AvgIpc) is 2.17. The Morgan fingerprint density at radius 3 is 2.00 bits per heavy atom. The first-order valence-corrected chi connectivity index (χ1v) is 5.73. The molecule has 0 aromatic heterocycles. The minimum absolute atomic E-state index is 0. The van der Waals surface area contributed by atoms with Crippen LogP contribution in [0.3, 0.4) is 0 Å². The molecule has 0 spiro atoms. The maximum atomic E-state index is 10.3. The maximum absolute atomic E-state index is 10.3. The summed E-state index contributed by atoms with van der Waals surface area (Å²) in [5.74, 6) is 0. The third-order valence-corrected chi connectivity index (χ3v) is 2.55. The van der Waals surface area contributed by atoms with Crippen molar-refractivity contribution in [1.29, 1.82) is 0 Å². The molecular weight excluding hydrogens is 293 g/mol. The van der Waals surface area contributed by atoms with E-state index in [1.54, 1.807) is 0 Å². The van der Waals surface area contributed by atoms with Gasteiger partial charge in [0.05, 0.1) is 14.4 Å². The molecule has 1 aliphatic heterocycles. The zero-order valence-electron chi connectivity index (χ0n) is 9.87. The van der Waals surface area contributed by atoms with Gasteiger partial charge in [-0.3, -0.25) is 0 Å². The van der Waals surface area contributed by atoms with Gasteiger partial charge in [-0.15, -0.1) is 0 Å². The third-order valence-electron chi connectivity index (χ3n) is 2.08. The summed E-state index contributed by atoms with van der Waals surface area (Å²) < 4.78 is 18.7. The van der Waals surface area contributed by atoms with Gasteiger partial charge in [-0.05, 0) is 0 Å². The molecule has 1 heterocycles. The zero-order chi connectivity index (χ0) is 12.5. The second-order valence-electron chi connectivity index (χ2n) is 3.25. The molecule has 1 saturated heterocycles. The Kier molecular flexibility index (Phi) is 11.1. The average molecular weight is 304 g/mol.